The molecule has 142 valence electrons. The number of carbonyl (C=O) groups excluding carboxylic acids is 1. The third-order valence-corrected chi connectivity index (χ3v) is 4.56. The van der Waals surface area contributed by atoms with E-state index < -0.39 is 6.04 Å². The van der Waals surface area contributed by atoms with Crippen LogP contribution in [0, 0.1) is 6.92 Å². The number of hydrogen-bond donors (Lipinski definition) is 1. The number of rotatable bonds is 4. The Bertz CT molecular complexity index is 1090. The van der Waals surface area contributed by atoms with Crippen LogP contribution in [-0.4, -0.2) is 22.5 Å². The van der Waals surface area contributed by atoms with E-state index in [1.807, 2.05) is 37.3 Å². The van der Waals surface area contributed by atoms with E-state index in [-0.39, 0.29) is 18.3 Å². The number of anilines is 1. The van der Waals surface area contributed by atoms with Crippen molar-refractivity contribution < 1.29 is 14.3 Å². The van der Waals surface area contributed by atoms with Crippen LogP contribution in [0.3, 0.4) is 0 Å². The number of carbonyl (C=O) groups is 1. The van der Waals surface area contributed by atoms with Crippen molar-refractivity contribution in [2.45, 2.75) is 19.9 Å². The summed E-state index contributed by atoms with van der Waals surface area (Å²) >= 11 is 0. The van der Waals surface area contributed by atoms with Crippen molar-refractivity contribution in [3.63, 3.8) is 0 Å². The minimum Gasteiger partial charge on any atom is -0.454 e. The zero-order valence-corrected chi connectivity index (χ0v) is 15.5. The molecule has 28 heavy (non-hydrogen) atoms. The molecule has 7 nitrogen and oxygen atoms in total. The number of aromatic nitrogens is 2. The van der Waals surface area contributed by atoms with E-state index in [1.54, 1.807) is 25.1 Å². The zero-order valence-electron chi connectivity index (χ0n) is 15.5. The maximum absolute atomic E-state index is 12.6. The lowest BCUT2D eigenvalue weighted by molar-refractivity contribution is -0.119. The Balaban J connectivity index is 1.60. The molecule has 0 fully saturated rings. The predicted octanol–water partition coefficient (Wildman–Crippen LogP) is 3.15. The van der Waals surface area contributed by atoms with Crippen LogP contribution in [0.2, 0.25) is 0 Å². The Hall–Kier alpha value is -3.61. The minimum absolute atomic E-state index is 0.182. The smallest absolute Gasteiger partial charge is 0.267 e. The summed E-state index contributed by atoms with van der Waals surface area (Å²) in [5, 5.41) is 7.20. The number of fused-ring (bicyclic) bond motifs is 1. The minimum atomic E-state index is -0.775. The summed E-state index contributed by atoms with van der Waals surface area (Å²) < 4.78 is 11.9. The van der Waals surface area contributed by atoms with Crippen LogP contribution in [0.5, 0.6) is 11.5 Å². The highest BCUT2D eigenvalue weighted by molar-refractivity contribution is 5.93. The number of benzene rings is 2. The maximum Gasteiger partial charge on any atom is 0.267 e. The zero-order chi connectivity index (χ0) is 19.7. The number of nitrogens with one attached hydrogen (secondary N) is 1. The van der Waals surface area contributed by atoms with Gasteiger partial charge < -0.3 is 14.8 Å². The van der Waals surface area contributed by atoms with Crippen LogP contribution in [0.1, 0.15) is 18.5 Å². The molecule has 1 aromatic heterocycles. The van der Waals surface area contributed by atoms with Gasteiger partial charge in [0.15, 0.2) is 11.5 Å². The molecule has 1 aliphatic heterocycles. The fourth-order valence-electron chi connectivity index (χ4n) is 2.91. The third-order valence-electron chi connectivity index (χ3n) is 4.56. The molecule has 0 radical (unpaired) electrons. The van der Waals surface area contributed by atoms with Crippen molar-refractivity contribution in [1.29, 1.82) is 0 Å². The molecule has 0 saturated heterocycles. The molecule has 1 aliphatic rings. The first kappa shape index (κ1) is 17.8. The fraction of sp³-hybridized carbons (Fsp3) is 0.190. The van der Waals surface area contributed by atoms with Gasteiger partial charge in [-0.25, -0.2) is 4.68 Å². The summed E-state index contributed by atoms with van der Waals surface area (Å²) in [6.07, 6.45) is 0. The average molecular weight is 377 g/mol. The van der Waals surface area contributed by atoms with E-state index in [1.165, 1.54) is 10.7 Å². The first-order chi connectivity index (χ1) is 13.5. The number of ether oxygens (including phenoxy) is 2. The van der Waals surface area contributed by atoms with E-state index in [0.29, 0.717) is 22.9 Å². The lowest BCUT2D eigenvalue weighted by Crippen LogP contribution is -2.33. The molecule has 0 spiro atoms. The van der Waals surface area contributed by atoms with E-state index in [4.69, 9.17) is 9.47 Å². The SMILES string of the molecule is Cc1ccc(NC(=O)C(C)n2nc(-c3ccc4c(c3)OCO4)ccc2=O)cc1. The lowest BCUT2D eigenvalue weighted by atomic mass is 10.1. The summed E-state index contributed by atoms with van der Waals surface area (Å²) in [7, 11) is 0. The normalized spacial score (nSPS) is 13.2. The maximum atomic E-state index is 12.6. The summed E-state index contributed by atoms with van der Waals surface area (Å²) in [4.78, 5) is 24.9. The molecular formula is C21H19N3O4. The second kappa shape index (κ2) is 7.19. The quantitative estimate of drug-likeness (QED) is 0.755. The number of hydrogen-bond acceptors (Lipinski definition) is 5. The average Bonchev–Trinajstić information content (AvgIpc) is 3.17. The molecule has 0 aliphatic carbocycles. The molecule has 1 amide bonds. The molecule has 7 heteroatoms. The lowest BCUT2D eigenvalue weighted by Gasteiger charge is -2.15. The molecule has 3 aromatic rings. The van der Waals surface area contributed by atoms with Crippen LogP contribution in [-0.2, 0) is 4.79 Å². The van der Waals surface area contributed by atoms with Crippen molar-refractivity contribution in [1.82, 2.24) is 9.78 Å². The Labute approximate surface area is 161 Å². The molecule has 1 N–H and O–H groups in total. The highest BCUT2D eigenvalue weighted by Crippen LogP contribution is 2.35. The van der Waals surface area contributed by atoms with Crippen molar-refractivity contribution in [3.05, 3.63) is 70.5 Å². The van der Waals surface area contributed by atoms with Crippen molar-refractivity contribution in [3.8, 4) is 22.8 Å². The Morgan fingerprint density at radius 3 is 2.61 bits per heavy atom. The van der Waals surface area contributed by atoms with Crippen molar-refractivity contribution in [2.24, 2.45) is 0 Å². The van der Waals surface area contributed by atoms with Gasteiger partial charge >= 0.3 is 0 Å². The van der Waals surface area contributed by atoms with Crippen LogP contribution in [0.25, 0.3) is 11.3 Å². The molecular weight excluding hydrogens is 358 g/mol. The number of amides is 1. The molecule has 0 saturated carbocycles. The van der Waals surface area contributed by atoms with E-state index in [0.717, 1.165) is 11.1 Å². The first-order valence-electron chi connectivity index (χ1n) is 8.89. The molecule has 1 atom stereocenters. The highest BCUT2D eigenvalue weighted by atomic mass is 16.7. The van der Waals surface area contributed by atoms with E-state index in [2.05, 4.69) is 10.4 Å². The molecule has 4 rings (SSSR count). The Morgan fingerprint density at radius 2 is 1.82 bits per heavy atom. The van der Waals surface area contributed by atoms with Gasteiger partial charge in [0.1, 0.15) is 6.04 Å². The van der Waals surface area contributed by atoms with Crippen LogP contribution in [0.4, 0.5) is 5.69 Å². The molecule has 2 aromatic carbocycles. The van der Waals surface area contributed by atoms with Gasteiger partial charge in [0.25, 0.3) is 5.56 Å². The largest absolute Gasteiger partial charge is 0.454 e. The summed E-state index contributed by atoms with van der Waals surface area (Å²) in [5.74, 6) is 0.978. The first-order valence-corrected chi connectivity index (χ1v) is 8.89. The van der Waals surface area contributed by atoms with E-state index >= 15 is 0 Å². The molecule has 2 heterocycles. The highest BCUT2D eigenvalue weighted by Gasteiger charge is 2.19. The van der Waals surface area contributed by atoms with Gasteiger partial charge in [0.05, 0.1) is 5.69 Å². The van der Waals surface area contributed by atoms with Crippen LogP contribution < -0.4 is 20.3 Å². The Kier molecular flexibility index (Phi) is 4.57. The summed E-state index contributed by atoms with van der Waals surface area (Å²) in [5.41, 5.74) is 2.75. The number of aryl methyl sites for hydroxylation is 1. The van der Waals surface area contributed by atoms with Gasteiger partial charge in [-0.15, -0.1) is 0 Å². The van der Waals surface area contributed by atoms with Crippen molar-refractivity contribution in [2.75, 3.05) is 12.1 Å². The van der Waals surface area contributed by atoms with Gasteiger partial charge in [-0.05, 0) is 50.2 Å². The van der Waals surface area contributed by atoms with Gasteiger partial charge in [-0.1, -0.05) is 17.7 Å². The van der Waals surface area contributed by atoms with Crippen molar-refractivity contribution >= 4 is 11.6 Å². The predicted molar refractivity (Wildman–Crippen MR) is 105 cm³/mol. The second-order valence-electron chi connectivity index (χ2n) is 6.60. The second-order valence-corrected chi connectivity index (χ2v) is 6.60. The third kappa shape index (κ3) is 3.46. The summed E-state index contributed by atoms with van der Waals surface area (Å²) in [6.45, 7) is 3.79. The van der Waals surface area contributed by atoms with Gasteiger partial charge in [0.2, 0.25) is 12.7 Å². The monoisotopic (exact) mass is 377 g/mol. The topological polar surface area (TPSA) is 82.5 Å². The van der Waals surface area contributed by atoms with Crippen LogP contribution >= 0.6 is 0 Å². The standard InChI is InChI=1S/C21H19N3O4/c1-13-3-6-16(7-4-13)22-21(26)14(2)24-20(25)10-8-17(23-24)15-5-9-18-19(11-15)28-12-27-18/h3-11,14H,12H2,1-2H3,(H,22,26). The molecule has 1 unspecified atom stereocenters. The fourth-order valence-corrected chi connectivity index (χ4v) is 2.91. The van der Waals surface area contributed by atoms with Crippen LogP contribution in [0.15, 0.2) is 59.4 Å². The Morgan fingerprint density at radius 1 is 1.07 bits per heavy atom. The summed E-state index contributed by atoms with van der Waals surface area (Å²) in [6, 6.07) is 15.1. The van der Waals surface area contributed by atoms with Gasteiger partial charge in [-0.3, -0.25) is 9.59 Å². The number of nitrogens with zero attached hydrogens (tertiary/aromatic N) is 2. The van der Waals surface area contributed by atoms with E-state index in [9.17, 15) is 9.59 Å². The molecule has 0 bridgehead atoms. The van der Waals surface area contributed by atoms with Gasteiger partial charge in [0, 0.05) is 17.3 Å². The van der Waals surface area contributed by atoms with Gasteiger partial charge in [-0.2, -0.15) is 5.10 Å².